The van der Waals surface area contributed by atoms with E-state index in [4.69, 9.17) is 5.73 Å². The monoisotopic (exact) mass is 266 g/mol. The Morgan fingerprint density at radius 3 is 2.94 bits per heavy atom. The Balaban J connectivity index is 1.80. The summed E-state index contributed by atoms with van der Waals surface area (Å²) >= 11 is 1.72. The normalized spacial score (nSPS) is 17.9. The van der Waals surface area contributed by atoms with Crippen LogP contribution in [0.25, 0.3) is 0 Å². The maximum atomic E-state index is 5.91. The van der Waals surface area contributed by atoms with E-state index in [2.05, 4.69) is 22.2 Å². The fourth-order valence-electron chi connectivity index (χ4n) is 2.24. The topological polar surface area (TPSA) is 63.3 Å². The molecule has 1 aromatic rings. The van der Waals surface area contributed by atoms with Gasteiger partial charge in [0.25, 0.3) is 0 Å². The molecule has 0 radical (unpaired) electrons. The Hall–Kier alpha value is -1.10. The van der Waals surface area contributed by atoms with Gasteiger partial charge in [0.2, 0.25) is 0 Å². The third-order valence-corrected chi connectivity index (χ3v) is 4.42. The molecule has 1 aliphatic rings. The van der Waals surface area contributed by atoms with Crippen molar-refractivity contribution in [1.29, 1.82) is 0 Å². The standard InChI is InChI=1S/C13H22N4S/c1-2-11-8-15-12(18-11)9-16-13(14)17-10-6-4-3-5-7-10/h8,10H,2-7,9H2,1H3,(H3,14,16,17). The summed E-state index contributed by atoms with van der Waals surface area (Å²) < 4.78 is 0. The third-order valence-electron chi connectivity index (χ3n) is 3.29. The second-order valence-electron chi connectivity index (χ2n) is 4.75. The molecule has 3 N–H and O–H groups in total. The third kappa shape index (κ3) is 3.98. The first-order chi connectivity index (χ1) is 8.78. The highest BCUT2D eigenvalue weighted by Crippen LogP contribution is 2.17. The van der Waals surface area contributed by atoms with Crippen LogP contribution in [-0.2, 0) is 13.0 Å². The van der Waals surface area contributed by atoms with E-state index in [9.17, 15) is 0 Å². The first kappa shape index (κ1) is 13.3. The van der Waals surface area contributed by atoms with Crippen molar-refractivity contribution in [1.82, 2.24) is 10.3 Å². The van der Waals surface area contributed by atoms with Crippen LogP contribution in [0.5, 0.6) is 0 Å². The second-order valence-corrected chi connectivity index (χ2v) is 5.95. The van der Waals surface area contributed by atoms with Gasteiger partial charge in [0.05, 0.1) is 6.54 Å². The average molecular weight is 266 g/mol. The van der Waals surface area contributed by atoms with Crippen molar-refractivity contribution in [3.63, 3.8) is 0 Å². The molecule has 0 unspecified atom stereocenters. The van der Waals surface area contributed by atoms with E-state index in [1.807, 2.05) is 6.20 Å². The quantitative estimate of drug-likeness (QED) is 0.650. The highest BCUT2D eigenvalue weighted by Gasteiger charge is 2.13. The van der Waals surface area contributed by atoms with Gasteiger partial charge in [-0.25, -0.2) is 9.98 Å². The molecule has 1 aromatic heterocycles. The van der Waals surface area contributed by atoms with E-state index in [-0.39, 0.29) is 0 Å². The highest BCUT2D eigenvalue weighted by atomic mass is 32.1. The maximum absolute atomic E-state index is 5.91. The van der Waals surface area contributed by atoms with Gasteiger partial charge in [0.15, 0.2) is 5.96 Å². The number of nitrogens with two attached hydrogens (primary N) is 1. The minimum absolute atomic E-state index is 0.519. The molecule has 1 heterocycles. The van der Waals surface area contributed by atoms with Gasteiger partial charge in [-0.05, 0) is 19.3 Å². The summed E-state index contributed by atoms with van der Waals surface area (Å²) in [6, 6.07) is 0.519. The van der Waals surface area contributed by atoms with Crippen molar-refractivity contribution in [2.45, 2.75) is 58.0 Å². The minimum atomic E-state index is 0.519. The van der Waals surface area contributed by atoms with Crippen LogP contribution < -0.4 is 11.1 Å². The molecule has 2 rings (SSSR count). The predicted molar refractivity (Wildman–Crippen MR) is 76.8 cm³/mol. The van der Waals surface area contributed by atoms with Crippen molar-refractivity contribution in [3.05, 3.63) is 16.1 Å². The van der Waals surface area contributed by atoms with Gasteiger partial charge in [-0.3, -0.25) is 0 Å². The summed E-state index contributed by atoms with van der Waals surface area (Å²) in [6.07, 6.45) is 9.36. The lowest BCUT2D eigenvalue weighted by Gasteiger charge is -2.23. The molecule has 1 saturated carbocycles. The average Bonchev–Trinajstić information content (AvgIpc) is 2.85. The van der Waals surface area contributed by atoms with Crippen LogP contribution in [0.4, 0.5) is 0 Å². The van der Waals surface area contributed by atoms with Gasteiger partial charge in [-0.1, -0.05) is 26.2 Å². The number of hydrogen-bond donors (Lipinski definition) is 2. The summed E-state index contributed by atoms with van der Waals surface area (Å²) in [7, 11) is 0. The van der Waals surface area contributed by atoms with E-state index in [1.165, 1.54) is 37.0 Å². The summed E-state index contributed by atoms with van der Waals surface area (Å²) in [4.78, 5) is 10.0. The molecule has 0 atom stereocenters. The molecule has 4 nitrogen and oxygen atoms in total. The number of hydrogen-bond acceptors (Lipinski definition) is 3. The summed E-state index contributed by atoms with van der Waals surface area (Å²) in [5, 5.41) is 4.36. The molecule has 18 heavy (non-hydrogen) atoms. The molecule has 100 valence electrons. The number of rotatable bonds is 4. The SMILES string of the molecule is CCc1cnc(CN=C(N)NC2CCCCC2)s1. The summed E-state index contributed by atoms with van der Waals surface area (Å²) in [6.45, 7) is 2.73. The molecule has 0 spiro atoms. The van der Waals surface area contributed by atoms with E-state index in [0.717, 1.165) is 11.4 Å². The predicted octanol–water partition coefficient (Wildman–Crippen LogP) is 2.44. The van der Waals surface area contributed by atoms with Crippen LogP contribution in [0, 0.1) is 0 Å². The van der Waals surface area contributed by atoms with E-state index < -0.39 is 0 Å². The zero-order chi connectivity index (χ0) is 12.8. The molecule has 1 aliphatic carbocycles. The molecule has 1 fully saturated rings. The van der Waals surface area contributed by atoms with Gasteiger partial charge in [-0.15, -0.1) is 11.3 Å². The van der Waals surface area contributed by atoms with Crippen molar-refractivity contribution >= 4 is 17.3 Å². The lowest BCUT2D eigenvalue weighted by Crippen LogP contribution is -2.41. The zero-order valence-electron chi connectivity index (χ0n) is 11.0. The van der Waals surface area contributed by atoms with Crippen molar-refractivity contribution in [3.8, 4) is 0 Å². The Bertz CT molecular complexity index is 393. The molecule has 0 bridgehead atoms. The molecule has 0 amide bonds. The van der Waals surface area contributed by atoms with E-state index >= 15 is 0 Å². The highest BCUT2D eigenvalue weighted by molar-refractivity contribution is 7.11. The van der Waals surface area contributed by atoms with Gasteiger partial charge in [0.1, 0.15) is 5.01 Å². The number of aliphatic imine (C=N–C) groups is 1. The largest absolute Gasteiger partial charge is 0.370 e. The van der Waals surface area contributed by atoms with E-state index in [1.54, 1.807) is 11.3 Å². The smallest absolute Gasteiger partial charge is 0.189 e. The first-order valence-corrected chi connectivity index (χ1v) is 7.59. The number of nitrogens with zero attached hydrogens (tertiary/aromatic N) is 2. The van der Waals surface area contributed by atoms with Crippen LogP contribution in [0.3, 0.4) is 0 Å². The molecule has 5 heteroatoms. The first-order valence-electron chi connectivity index (χ1n) is 6.78. The molecular weight excluding hydrogens is 244 g/mol. The van der Waals surface area contributed by atoms with Gasteiger partial charge in [-0.2, -0.15) is 0 Å². The lowest BCUT2D eigenvalue weighted by molar-refractivity contribution is 0.412. The lowest BCUT2D eigenvalue weighted by atomic mass is 9.96. The number of aromatic nitrogens is 1. The van der Waals surface area contributed by atoms with Crippen LogP contribution in [0.15, 0.2) is 11.2 Å². The molecule has 0 saturated heterocycles. The van der Waals surface area contributed by atoms with Gasteiger partial charge in [0, 0.05) is 17.1 Å². The summed E-state index contributed by atoms with van der Waals surface area (Å²) in [5.41, 5.74) is 5.91. The van der Waals surface area contributed by atoms with Crippen LogP contribution in [0.1, 0.15) is 48.9 Å². The molecule has 0 aliphatic heterocycles. The van der Waals surface area contributed by atoms with Gasteiger partial charge < -0.3 is 11.1 Å². The van der Waals surface area contributed by atoms with Crippen molar-refractivity contribution in [2.75, 3.05) is 0 Å². The Kier molecular flexibility index (Phi) is 4.99. The molecular formula is C13H22N4S. The maximum Gasteiger partial charge on any atom is 0.189 e. The Morgan fingerprint density at radius 2 is 2.28 bits per heavy atom. The number of aryl methyl sites for hydroxylation is 1. The fourth-order valence-corrected chi connectivity index (χ4v) is 3.03. The summed E-state index contributed by atoms with van der Waals surface area (Å²) in [5.74, 6) is 0.565. The number of guanidine groups is 1. The van der Waals surface area contributed by atoms with Crippen LogP contribution in [-0.4, -0.2) is 17.0 Å². The second kappa shape index (κ2) is 6.73. The van der Waals surface area contributed by atoms with Crippen molar-refractivity contribution < 1.29 is 0 Å². The van der Waals surface area contributed by atoms with Crippen LogP contribution >= 0.6 is 11.3 Å². The number of thiazole rings is 1. The molecule has 0 aromatic carbocycles. The Labute approximate surface area is 113 Å². The van der Waals surface area contributed by atoms with Crippen molar-refractivity contribution in [2.24, 2.45) is 10.7 Å². The minimum Gasteiger partial charge on any atom is -0.370 e. The zero-order valence-corrected chi connectivity index (χ0v) is 11.8. The fraction of sp³-hybridized carbons (Fsp3) is 0.692. The number of nitrogens with one attached hydrogen (secondary N) is 1. The van der Waals surface area contributed by atoms with Gasteiger partial charge >= 0.3 is 0 Å². The Morgan fingerprint density at radius 1 is 1.50 bits per heavy atom. The van der Waals surface area contributed by atoms with Crippen LogP contribution in [0.2, 0.25) is 0 Å². The van der Waals surface area contributed by atoms with E-state index in [0.29, 0.717) is 18.5 Å².